The first-order valence-electron chi connectivity index (χ1n) is 3.82. The van der Waals surface area contributed by atoms with Crippen molar-refractivity contribution in [2.75, 3.05) is 7.11 Å². The van der Waals surface area contributed by atoms with Crippen LogP contribution in [-0.4, -0.2) is 18.0 Å². The summed E-state index contributed by atoms with van der Waals surface area (Å²) >= 11 is 6.72. The van der Waals surface area contributed by atoms with Crippen LogP contribution in [0.5, 0.6) is 5.75 Å². The smallest absolute Gasteiger partial charge is 0.130 e. The summed E-state index contributed by atoms with van der Waals surface area (Å²) in [6.45, 7) is 1.70. The first kappa shape index (κ1) is 11.5. The second-order valence-electron chi connectivity index (χ2n) is 2.65. The Morgan fingerprint density at radius 3 is 2.57 bits per heavy atom. The summed E-state index contributed by atoms with van der Waals surface area (Å²) in [5, 5.41) is 11.9. The summed E-state index contributed by atoms with van der Waals surface area (Å²) in [6.07, 6.45) is 0. The number of methoxy groups -OCH3 is 1. The third-order valence-electron chi connectivity index (χ3n) is 1.75. The average Bonchev–Trinajstić information content (AvgIpc) is 2.15. The highest BCUT2D eigenvalue weighted by molar-refractivity contribution is 9.11. The highest BCUT2D eigenvalue weighted by Gasteiger charge is 2.12. The Labute approximate surface area is 99.0 Å². The maximum absolute atomic E-state index is 8.70. The molecule has 1 aromatic rings. The van der Waals surface area contributed by atoms with Crippen LogP contribution in [0, 0.1) is 0 Å². The predicted molar refractivity (Wildman–Crippen MR) is 62.4 cm³/mol. The molecule has 0 aliphatic rings. The van der Waals surface area contributed by atoms with Gasteiger partial charge in [0.25, 0.3) is 0 Å². The first-order valence-corrected chi connectivity index (χ1v) is 5.40. The predicted octanol–water partition coefficient (Wildman–Crippen LogP) is 3.42. The monoisotopic (exact) mass is 321 g/mol. The highest BCUT2D eigenvalue weighted by Crippen LogP contribution is 2.31. The second-order valence-corrected chi connectivity index (χ2v) is 4.42. The van der Waals surface area contributed by atoms with Gasteiger partial charge in [-0.1, -0.05) is 21.1 Å². The van der Waals surface area contributed by atoms with Crippen molar-refractivity contribution in [1.82, 2.24) is 0 Å². The van der Waals surface area contributed by atoms with Crippen LogP contribution < -0.4 is 4.74 Å². The van der Waals surface area contributed by atoms with Gasteiger partial charge < -0.3 is 9.94 Å². The van der Waals surface area contributed by atoms with Crippen molar-refractivity contribution < 1.29 is 9.94 Å². The minimum absolute atomic E-state index is 0.501. The minimum atomic E-state index is 0.501. The summed E-state index contributed by atoms with van der Waals surface area (Å²) < 4.78 is 6.90. The van der Waals surface area contributed by atoms with E-state index >= 15 is 0 Å². The fourth-order valence-electron chi connectivity index (χ4n) is 1.11. The summed E-state index contributed by atoms with van der Waals surface area (Å²) in [5.41, 5.74) is 1.25. The molecule has 0 aromatic heterocycles. The van der Waals surface area contributed by atoms with Crippen molar-refractivity contribution >= 4 is 37.6 Å². The Morgan fingerprint density at radius 2 is 2.07 bits per heavy atom. The quantitative estimate of drug-likeness (QED) is 0.515. The third-order valence-corrected chi connectivity index (χ3v) is 2.83. The Balaban J connectivity index is 3.40. The van der Waals surface area contributed by atoms with Crippen molar-refractivity contribution in [3.63, 3.8) is 0 Å². The van der Waals surface area contributed by atoms with Crippen LogP contribution >= 0.6 is 31.9 Å². The van der Waals surface area contributed by atoms with Crippen LogP contribution in [0.25, 0.3) is 0 Å². The van der Waals surface area contributed by atoms with Gasteiger partial charge in [0, 0.05) is 8.95 Å². The molecule has 0 aliphatic carbocycles. The normalized spacial score (nSPS) is 11.6. The maximum atomic E-state index is 8.70. The number of nitrogens with zero attached hydrogens (tertiary/aromatic N) is 1. The molecular weight excluding hydrogens is 314 g/mol. The Morgan fingerprint density at radius 1 is 1.43 bits per heavy atom. The van der Waals surface area contributed by atoms with E-state index in [-0.39, 0.29) is 0 Å². The van der Waals surface area contributed by atoms with E-state index in [1.165, 1.54) is 0 Å². The Hall–Kier alpha value is -0.550. The van der Waals surface area contributed by atoms with Gasteiger partial charge in [-0.2, -0.15) is 0 Å². The molecule has 14 heavy (non-hydrogen) atoms. The van der Waals surface area contributed by atoms with Crippen LogP contribution in [-0.2, 0) is 0 Å². The van der Waals surface area contributed by atoms with Crippen LogP contribution in [0.3, 0.4) is 0 Å². The summed E-state index contributed by atoms with van der Waals surface area (Å²) in [7, 11) is 1.57. The minimum Gasteiger partial charge on any atom is -0.496 e. The number of benzene rings is 1. The van der Waals surface area contributed by atoms with Crippen molar-refractivity contribution in [2.45, 2.75) is 6.92 Å². The van der Waals surface area contributed by atoms with E-state index in [2.05, 4.69) is 37.0 Å². The molecule has 1 rings (SSSR count). The maximum Gasteiger partial charge on any atom is 0.130 e. The largest absolute Gasteiger partial charge is 0.496 e. The Kier molecular flexibility index (Phi) is 3.95. The average molecular weight is 323 g/mol. The van der Waals surface area contributed by atoms with Crippen LogP contribution in [0.1, 0.15) is 12.5 Å². The lowest BCUT2D eigenvalue weighted by atomic mass is 10.1. The lowest BCUT2D eigenvalue weighted by Crippen LogP contribution is -2.00. The van der Waals surface area contributed by atoms with Gasteiger partial charge in [-0.3, -0.25) is 0 Å². The molecule has 1 N–H and O–H groups in total. The molecular formula is C9H9Br2NO2. The number of rotatable bonds is 2. The molecule has 0 fully saturated rings. The lowest BCUT2D eigenvalue weighted by molar-refractivity contribution is 0.318. The lowest BCUT2D eigenvalue weighted by Gasteiger charge is -2.09. The van der Waals surface area contributed by atoms with Crippen LogP contribution in [0.4, 0.5) is 0 Å². The molecule has 0 aliphatic heterocycles. The molecule has 0 spiro atoms. The van der Waals surface area contributed by atoms with Gasteiger partial charge in [0.05, 0.1) is 18.4 Å². The van der Waals surface area contributed by atoms with Gasteiger partial charge in [-0.15, -0.1) is 0 Å². The molecule has 0 saturated heterocycles. The van der Waals surface area contributed by atoms with E-state index in [9.17, 15) is 0 Å². The zero-order valence-electron chi connectivity index (χ0n) is 7.71. The number of hydrogen-bond acceptors (Lipinski definition) is 3. The SMILES string of the molecule is COc1cc(Br)cc(Br)c1/C(C)=N\O. The molecule has 1 aromatic carbocycles. The molecule has 0 heterocycles. The fourth-order valence-corrected chi connectivity index (χ4v) is 2.59. The van der Waals surface area contributed by atoms with E-state index in [1.807, 2.05) is 12.1 Å². The van der Waals surface area contributed by atoms with E-state index in [1.54, 1.807) is 14.0 Å². The standard InChI is InChI=1S/C9H9Br2NO2/c1-5(12-13)9-7(11)3-6(10)4-8(9)14-2/h3-4,13H,1-2H3/b12-5-. The number of halogens is 2. The van der Waals surface area contributed by atoms with E-state index in [4.69, 9.17) is 9.94 Å². The molecule has 0 saturated carbocycles. The summed E-state index contributed by atoms with van der Waals surface area (Å²) in [6, 6.07) is 3.68. The highest BCUT2D eigenvalue weighted by atomic mass is 79.9. The molecule has 0 atom stereocenters. The second kappa shape index (κ2) is 4.79. The summed E-state index contributed by atoms with van der Waals surface area (Å²) in [5.74, 6) is 0.654. The van der Waals surface area contributed by atoms with Gasteiger partial charge in [0.1, 0.15) is 5.75 Å². The van der Waals surface area contributed by atoms with Crippen molar-refractivity contribution in [1.29, 1.82) is 0 Å². The fraction of sp³-hybridized carbons (Fsp3) is 0.222. The number of hydrogen-bond donors (Lipinski definition) is 1. The molecule has 0 radical (unpaired) electrons. The molecule has 0 bridgehead atoms. The molecule has 3 nitrogen and oxygen atoms in total. The van der Waals surface area contributed by atoms with E-state index < -0.39 is 0 Å². The third kappa shape index (κ3) is 2.27. The van der Waals surface area contributed by atoms with E-state index in [0.29, 0.717) is 11.5 Å². The van der Waals surface area contributed by atoms with Gasteiger partial charge in [0.2, 0.25) is 0 Å². The zero-order chi connectivity index (χ0) is 10.7. The Bertz CT molecular complexity index is 377. The van der Waals surface area contributed by atoms with E-state index in [0.717, 1.165) is 14.5 Å². The molecule has 0 amide bonds. The topological polar surface area (TPSA) is 41.8 Å². The van der Waals surface area contributed by atoms with Gasteiger partial charge >= 0.3 is 0 Å². The van der Waals surface area contributed by atoms with Crippen LogP contribution in [0.15, 0.2) is 26.2 Å². The van der Waals surface area contributed by atoms with Gasteiger partial charge in [-0.05, 0) is 35.0 Å². The van der Waals surface area contributed by atoms with Crippen molar-refractivity contribution in [3.8, 4) is 5.75 Å². The van der Waals surface area contributed by atoms with Gasteiger partial charge in [-0.25, -0.2) is 0 Å². The van der Waals surface area contributed by atoms with Crippen molar-refractivity contribution in [2.24, 2.45) is 5.16 Å². The number of oxime groups is 1. The molecule has 0 unspecified atom stereocenters. The molecule has 5 heteroatoms. The van der Waals surface area contributed by atoms with Gasteiger partial charge in [0.15, 0.2) is 0 Å². The first-order chi connectivity index (χ1) is 6.60. The molecule has 76 valence electrons. The van der Waals surface area contributed by atoms with Crippen LogP contribution in [0.2, 0.25) is 0 Å². The van der Waals surface area contributed by atoms with Crippen molar-refractivity contribution in [3.05, 3.63) is 26.6 Å². The summed E-state index contributed by atoms with van der Waals surface area (Å²) in [4.78, 5) is 0. The number of ether oxygens (including phenoxy) is 1. The zero-order valence-corrected chi connectivity index (χ0v) is 10.9.